The van der Waals surface area contributed by atoms with Crippen molar-refractivity contribution in [2.24, 2.45) is 7.05 Å². The van der Waals surface area contributed by atoms with E-state index in [1.807, 2.05) is 25.3 Å². The monoisotopic (exact) mass is 354 g/mol. The van der Waals surface area contributed by atoms with Gasteiger partial charge in [0.25, 0.3) is 5.91 Å². The van der Waals surface area contributed by atoms with Crippen LogP contribution in [-0.2, 0) is 13.6 Å². The van der Waals surface area contributed by atoms with Crippen LogP contribution in [0.3, 0.4) is 0 Å². The van der Waals surface area contributed by atoms with Crippen molar-refractivity contribution >= 4 is 17.1 Å². The summed E-state index contributed by atoms with van der Waals surface area (Å²) in [6, 6.07) is 5.39. The molecule has 8 heteroatoms. The highest BCUT2D eigenvalue weighted by atomic mass is 16.2. The van der Waals surface area contributed by atoms with Gasteiger partial charge in [0, 0.05) is 39.1 Å². The predicted molar refractivity (Wildman–Crippen MR) is 97.0 cm³/mol. The lowest BCUT2D eigenvalue weighted by molar-refractivity contribution is 0.0672. The number of carbonyl (C=O) groups excluding carboxylic acids is 1. The van der Waals surface area contributed by atoms with Crippen LogP contribution in [0.15, 0.2) is 35.4 Å². The normalized spacial score (nSPS) is 17.8. The van der Waals surface area contributed by atoms with Crippen LogP contribution in [0.2, 0.25) is 0 Å². The Morgan fingerprint density at radius 1 is 1.35 bits per heavy atom. The van der Waals surface area contributed by atoms with E-state index < -0.39 is 0 Å². The third-order valence-electron chi connectivity index (χ3n) is 5.08. The molecule has 0 radical (unpaired) electrons. The molecule has 1 amide bonds. The number of aromatic nitrogens is 5. The van der Waals surface area contributed by atoms with Gasteiger partial charge < -0.3 is 4.90 Å². The van der Waals surface area contributed by atoms with Crippen LogP contribution in [0.1, 0.15) is 36.3 Å². The van der Waals surface area contributed by atoms with Crippen LogP contribution < -0.4 is 5.69 Å². The van der Waals surface area contributed by atoms with Crippen molar-refractivity contribution in [3.63, 3.8) is 0 Å². The molecule has 1 atom stereocenters. The standard InChI is InChI=1S/C18H22N6O2/c1-3-23-11-8-14(20-23)17(25)22-10-5-6-13(12-22)24-16-15(7-4-9-19-16)21(2)18(24)26/h4,7-9,11,13H,3,5-6,10,12H2,1-2H3/t13-/m0/s1. The summed E-state index contributed by atoms with van der Waals surface area (Å²) in [4.78, 5) is 31.7. The molecule has 1 saturated heterocycles. The van der Waals surface area contributed by atoms with Crippen molar-refractivity contribution in [2.45, 2.75) is 32.4 Å². The lowest BCUT2D eigenvalue weighted by Gasteiger charge is -2.32. The van der Waals surface area contributed by atoms with Gasteiger partial charge in [0.2, 0.25) is 0 Å². The SMILES string of the molecule is CCn1ccc(C(=O)N2CCC[C@H](n3c(=O)n(C)c4cccnc43)C2)n1. The second-order valence-corrected chi connectivity index (χ2v) is 6.66. The molecule has 136 valence electrons. The number of rotatable bonds is 3. The first kappa shape index (κ1) is 16.6. The fraction of sp³-hybridized carbons (Fsp3) is 0.444. The molecule has 1 aliphatic heterocycles. The number of aryl methyl sites for hydroxylation is 2. The highest BCUT2D eigenvalue weighted by Gasteiger charge is 2.29. The number of fused-ring (bicyclic) bond motifs is 1. The van der Waals surface area contributed by atoms with E-state index in [4.69, 9.17) is 0 Å². The number of likely N-dealkylation sites (tertiary alicyclic amines) is 1. The van der Waals surface area contributed by atoms with Gasteiger partial charge in [0.05, 0.1) is 11.6 Å². The fourth-order valence-corrected chi connectivity index (χ4v) is 3.68. The van der Waals surface area contributed by atoms with Gasteiger partial charge in [-0.1, -0.05) is 0 Å². The van der Waals surface area contributed by atoms with Gasteiger partial charge in [-0.3, -0.25) is 18.6 Å². The summed E-state index contributed by atoms with van der Waals surface area (Å²) >= 11 is 0. The molecule has 0 aromatic carbocycles. The van der Waals surface area contributed by atoms with Gasteiger partial charge in [-0.15, -0.1) is 0 Å². The highest BCUT2D eigenvalue weighted by molar-refractivity contribution is 5.92. The van der Waals surface area contributed by atoms with Crippen molar-refractivity contribution in [3.8, 4) is 0 Å². The summed E-state index contributed by atoms with van der Waals surface area (Å²) in [7, 11) is 1.76. The lowest BCUT2D eigenvalue weighted by atomic mass is 10.1. The van der Waals surface area contributed by atoms with Crippen molar-refractivity contribution in [1.82, 2.24) is 28.8 Å². The van der Waals surface area contributed by atoms with Crippen molar-refractivity contribution in [2.75, 3.05) is 13.1 Å². The quantitative estimate of drug-likeness (QED) is 0.713. The van der Waals surface area contributed by atoms with Crippen LogP contribution in [0.25, 0.3) is 11.2 Å². The minimum atomic E-state index is -0.0896. The molecule has 3 aromatic rings. The summed E-state index contributed by atoms with van der Waals surface area (Å²) in [5.74, 6) is -0.0804. The second-order valence-electron chi connectivity index (χ2n) is 6.66. The van der Waals surface area contributed by atoms with Gasteiger partial charge in [-0.05, 0) is 38.0 Å². The van der Waals surface area contributed by atoms with E-state index >= 15 is 0 Å². The van der Waals surface area contributed by atoms with E-state index in [0.29, 0.717) is 24.4 Å². The van der Waals surface area contributed by atoms with Gasteiger partial charge in [-0.2, -0.15) is 5.10 Å². The molecule has 8 nitrogen and oxygen atoms in total. The molecule has 26 heavy (non-hydrogen) atoms. The Hall–Kier alpha value is -2.90. The van der Waals surface area contributed by atoms with Crippen LogP contribution in [0.5, 0.6) is 0 Å². The van der Waals surface area contributed by atoms with Gasteiger partial charge in [-0.25, -0.2) is 9.78 Å². The molecule has 0 bridgehead atoms. The molecule has 3 aromatic heterocycles. The van der Waals surface area contributed by atoms with E-state index in [2.05, 4.69) is 10.1 Å². The number of nitrogens with zero attached hydrogens (tertiary/aromatic N) is 6. The van der Waals surface area contributed by atoms with Gasteiger partial charge in [0.1, 0.15) is 5.69 Å². The van der Waals surface area contributed by atoms with E-state index in [-0.39, 0.29) is 17.6 Å². The molecular formula is C18H22N6O2. The maximum absolute atomic E-state index is 12.8. The Labute approximate surface area is 150 Å². The Kier molecular flexibility index (Phi) is 4.10. The van der Waals surface area contributed by atoms with E-state index in [1.54, 1.807) is 38.0 Å². The zero-order chi connectivity index (χ0) is 18.3. The zero-order valence-corrected chi connectivity index (χ0v) is 15.0. The number of carbonyl (C=O) groups is 1. The maximum Gasteiger partial charge on any atom is 0.330 e. The van der Waals surface area contributed by atoms with Gasteiger partial charge in [0.15, 0.2) is 5.65 Å². The molecule has 1 fully saturated rings. The summed E-state index contributed by atoms with van der Waals surface area (Å²) < 4.78 is 5.10. The molecule has 0 spiro atoms. The Balaban J connectivity index is 1.64. The average molecular weight is 354 g/mol. The van der Waals surface area contributed by atoms with Crippen molar-refractivity contribution < 1.29 is 4.79 Å². The molecule has 4 heterocycles. The van der Waals surface area contributed by atoms with E-state index in [1.165, 1.54) is 0 Å². The fourth-order valence-electron chi connectivity index (χ4n) is 3.68. The van der Waals surface area contributed by atoms with E-state index in [9.17, 15) is 9.59 Å². The van der Waals surface area contributed by atoms with Crippen LogP contribution in [-0.4, -0.2) is 47.8 Å². The minimum Gasteiger partial charge on any atom is -0.335 e. The Bertz CT molecular complexity index is 1010. The summed E-state index contributed by atoms with van der Waals surface area (Å²) in [5.41, 5.74) is 1.85. The number of amides is 1. The first-order chi connectivity index (χ1) is 12.6. The smallest absolute Gasteiger partial charge is 0.330 e. The topological polar surface area (TPSA) is 78.0 Å². The molecule has 0 unspecified atom stereocenters. The number of hydrogen-bond donors (Lipinski definition) is 0. The highest BCUT2D eigenvalue weighted by Crippen LogP contribution is 2.24. The molecule has 0 aliphatic carbocycles. The average Bonchev–Trinajstić information content (AvgIpc) is 3.25. The molecule has 0 saturated carbocycles. The van der Waals surface area contributed by atoms with Crippen molar-refractivity contribution in [3.05, 3.63) is 46.8 Å². The number of hydrogen-bond acceptors (Lipinski definition) is 4. The minimum absolute atomic E-state index is 0.0768. The predicted octanol–water partition coefficient (Wildman–Crippen LogP) is 1.43. The summed E-state index contributed by atoms with van der Waals surface area (Å²) in [6.07, 6.45) is 5.21. The first-order valence-corrected chi connectivity index (χ1v) is 8.94. The summed E-state index contributed by atoms with van der Waals surface area (Å²) in [5, 5.41) is 4.31. The number of imidazole rings is 1. The Morgan fingerprint density at radius 3 is 2.96 bits per heavy atom. The van der Waals surface area contributed by atoms with Crippen LogP contribution in [0, 0.1) is 0 Å². The van der Waals surface area contributed by atoms with E-state index in [0.717, 1.165) is 24.9 Å². The zero-order valence-electron chi connectivity index (χ0n) is 15.0. The lowest BCUT2D eigenvalue weighted by Crippen LogP contribution is -2.43. The third kappa shape index (κ3) is 2.61. The number of pyridine rings is 1. The maximum atomic E-state index is 12.8. The molecule has 1 aliphatic rings. The number of piperidine rings is 1. The first-order valence-electron chi connectivity index (χ1n) is 8.94. The third-order valence-corrected chi connectivity index (χ3v) is 5.08. The molecular weight excluding hydrogens is 332 g/mol. The van der Waals surface area contributed by atoms with Crippen molar-refractivity contribution in [1.29, 1.82) is 0 Å². The Morgan fingerprint density at radius 2 is 2.19 bits per heavy atom. The van der Waals surface area contributed by atoms with Crippen LogP contribution in [0.4, 0.5) is 0 Å². The second kappa shape index (κ2) is 6.44. The largest absolute Gasteiger partial charge is 0.335 e. The molecule has 4 rings (SSSR count). The van der Waals surface area contributed by atoms with Crippen LogP contribution >= 0.6 is 0 Å². The van der Waals surface area contributed by atoms with Gasteiger partial charge >= 0.3 is 5.69 Å². The summed E-state index contributed by atoms with van der Waals surface area (Å²) in [6.45, 7) is 3.89. The molecule has 0 N–H and O–H groups in total.